The van der Waals surface area contributed by atoms with Crippen LogP contribution in [0, 0.1) is 0 Å². The van der Waals surface area contributed by atoms with Gasteiger partial charge in [0.1, 0.15) is 0 Å². The normalized spacial score (nSPS) is 12.6. The molecule has 0 aromatic heterocycles. The highest BCUT2D eigenvalue weighted by Gasteiger charge is 2.44. The van der Waals surface area contributed by atoms with E-state index in [0.29, 0.717) is 0 Å². The summed E-state index contributed by atoms with van der Waals surface area (Å²) in [6, 6.07) is -0.160. The molecule has 0 aliphatic carbocycles. The summed E-state index contributed by atoms with van der Waals surface area (Å²) < 4.78 is 74.4. The van der Waals surface area contributed by atoms with E-state index in [1.807, 2.05) is 0 Å². The minimum absolute atomic E-state index is 0.0354. The van der Waals surface area contributed by atoms with Crippen LogP contribution < -0.4 is 5.73 Å². The molecule has 18 heavy (non-hydrogen) atoms. The van der Waals surface area contributed by atoms with Gasteiger partial charge in [-0.05, 0) is 12.1 Å². The van der Waals surface area contributed by atoms with Gasteiger partial charge in [-0.15, -0.1) is 0 Å². The van der Waals surface area contributed by atoms with Crippen LogP contribution in [0.3, 0.4) is 0 Å². The fourth-order valence-corrected chi connectivity index (χ4v) is 1.27. The topological polar surface area (TPSA) is 63.3 Å². The monoisotopic (exact) mass is 273 g/mol. The Labute approximate surface area is 95.8 Å². The van der Waals surface area contributed by atoms with Gasteiger partial charge >= 0.3 is 18.3 Å². The van der Waals surface area contributed by atoms with E-state index in [-0.39, 0.29) is 12.1 Å². The van der Waals surface area contributed by atoms with Crippen LogP contribution in [0.5, 0.6) is 0 Å². The van der Waals surface area contributed by atoms with Gasteiger partial charge in [0.15, 0.2) is 0 Å². The standard InChI is InChI=1S/C9H5F6NO2/c10-8(11,12)4-1-3(7(17)18)6(16)2-5(4)9(13,14)15/h1-2H,16H2,(H,17,18). The average molecular weight is 273 g/mol. The summed E-state index contributed by atoms with van der Waals surface area (Å²) in [6.45, 7) is 0. The first-order valence-electron chi connectivity index (χ1n) is 4.26. The molecule has 0 heterocycles. The number of alkyl halides is 6. The fourth-order valence-electron chi connectivity index (χ4n) is 1.27. The summed E-state index contributed by atoms with van der Waals surface area (Å²) >= 11 is 0. The highest BCUT2D eigenvalue weighted by molar-refractivity contribution is 5.94. The smallest absolute Gasteiger partial charge is 0.417 e. The maximum atomic E-state index is 12.4. The van der Waals surface area contributed by atoms with Gasteiger partial charge in [0.2, 0.25) is 0 Å². The molecular formula is C9H5F6NO2. The maximum absolute atomic E-state index is 12.4. The van der Waals surface area contributed by atoms with Crippen molar-refractivity contribution in [2.75, 3.05) is 5.73 Å². The second kappa shape index (κ2) is 4.07. The van der Waals surface area contributed by atoms with E-state index in [2.05, 4.69) is 0 Å². The zero-order valence-corrected chi connectivity index (χ0v) is 8.36. The third kappa shape index (κ3) is 2.66. The second-order valence-corrected chi connectivity index (χ2v) is 3.29. The Bertz CT molecular complexity index is 491. The molecular weight excluding hydrogens is 268 g/mol. The lowest BCUT2D eigenvalue weighted by Crippen LogP contribution is -2.19. The fraction of sp³-hybridized carbons (Fsp3) is 0.222. The summed E-state index contributed by atoms with van der Waals surface area (Å²) in [5, 5.41) is 8.52. The van der Waals surface area contributed by atoms with Gasteiger partial charge in [-0.25, -0.2) is 4.79 Å². The molecule has 100 valence electrons. The molecule has 0 aliphatic rings. The summed E-state index contributed by atoms with van der Waals surface area (Å²) in [7, 11) is 0. The molecule has 0 aliphatic heterocycles. The van der Waals surface area contributed by atoms with Crippen molar-refractivity contribution in [2.45, 2.75) is 12.4 Å². The molecule has 0 saturated carbocycles. The van der Waals surface area contributed by atoms with Crippen LogP contribution in [-0.4, -0.2) is 11.1 Å². The van der Waals surface area contributed by atoms with Gasteiger partial charge in [0, 0.05) is 5.69 Å². The van der Waals surface area contributed by atoms with Crippen molar-refractivity contribution in [3.8, 4) is 0 Å². The number of aromatic carboxylic acids is 1. The average Bonchev–Trinajstić information content (AvgIpc) is 2.13. The molecule has 1 aromatic rings. The van der Waals surface area contributed by atoms with E-state index in [4.69, 9.17) is 10.8 Å². The first-order chi connectivity index (χ1) is 7.94. The van der Waals surface area contributed by atoms with Crippen molar-refractivity contribution in [2.24, 2.45) is 0 Å². The Hall–Kier alpha value is -1.93. The van der Waals surface area contributed by atoms with Crippen LogP contribution in [0.25, 0.3) is 0 Å². The predicted octanol–water partition coefficient (Wildman–Crippen LogP) is 3.00. The Morgan fingerprint density at radius 3 is 1.72 bits per heavy atom. The lowest BCUT2D eigenvalue weighted by molar-refractivity contribution is -0.162. The van der Waals surface area contributed by atoms with Crippen LogP contribution in [0.1, 0.15) is 21.5 Å². The lowest BCUT2D eigenvalue weighted by Gasteiger charge is -2.17. The van der Waals surface area contributed by atoms with Gasteiger partial charge in [-0.2, -0.15) is 26.3 Å². The minimum Gasteiger partial charge on any atom is -0.478 e. The number of hydrogen-bond acceptors (Lipinski definition) is 2. The molecule has 3 N–H and O–H groups in total. The number of carbonyl (C=O) groups is 1. The highest BCUT2D eigenvalue weighted by atomic mass is 19.4. The molecule has 0 saturated heterocycles. The SMILES string of the molecule is Nc1cc(C(F)(F)F)c(C(F)(F)F)cc1C(=O)O. The summed E-state index contributed by atoms with van der Waals surface area (Å²) in [5.74, 6) is -1.84. The number of carboxylic acids is 1. The molecule has 3 nitrogen and oxygen atoms in total. The third-order valence-corrected chi connectivity index (χ3v) is 2.03. The molecule has 1 rings (SSSR count). The number of nitrogens with two attached hydrogens (primary N) is 1. The molecule has 9 heteroatoms. The molecule has 0 fully saturated rings. The molecule has 0 unspecified atom stereocenters. The molecule has 0 radical (unpaired) electrons. The van der Waals surface area contributed by atoms with Crippen molar-refractivity contribution in [3.63, 3.8) is 0 Å². The van der Waals surface area contributed by atoms with Crippen LogP contribution in [0.15, 0.2) is 12.1 Å². The zero-order chi connectivity index (χ0) is 14.3. The van der Waals surface area contributed by atoms with E-state index in [9.17, 15) is 31.1 Å². The third-order valence-electron chi connectivity index (χ3n) is 2.03. The van der Waals surface area contributed by atoms with E-state index >= 15 is 0 Å². The Morgan fingerprint density at radius 1 is 1.00 bits per heavy atom. The van der Waals surface area contributed by atoms with Crippen LogP contribution in [-0.2, 0) is 12.4 Å². The first-order valence-corrected chi connectivity index (χ1v) is 4.26. The Kier molecular flexibility index (Phi) is 3.20. The second-order valence-electron chi connectivity index (χ2n) is 3.29. The molecule has 0 atom stereocenters. The zero-order valence-electron chi connectivity index (χ0n) is 8.36. The molecule has 0 bridgehead atoms. The molecule has 1 aromatic carbocycles. The summed E-state index contributed by atoms with van der Waals surface area (Å²) in [6.07, 6.45) is -10.6. The van der Waals surface area contributed by atoms with E-state index in [1.165, 1.54) is 0 Å². The number of benzene rings is 1. The number of carboxylic acid groups (broad SMARTS) is 1. The number of halogens is 6. The lowest BCUT2D eigenvalue weighted by atomic mass is 10.0. The van der Waals surface area contributed by atoms with E-state index < -0.39 is 40.7 Å². The van der Waals surface area contributed by atoms with Crippen molar-refractivity contribution < 1.29 is 36.2 Å². The summed E-state index contributed by atoms with van der Waals surface area (Å²) in [4.78, 5) is 10.5. The van der Waals surface area contributed by atoms with Crippen molar-refractivity contribution in [1.29, 1.82) is 0 Å². The van der Waals surface area contributed by atoms with E-state index in [0.717, 1.165) is 0 Å². The minimum atomic E-state index is -5.33. The number of hydrogen-bond donors (Lipinski definition) is 2. The van der Waals surface area contributed by atoms with Crippen molar-refractivity contribution in [3.05, 3.63) is 28.8 Å². The Balaban J connectivity index is 3.64. The van der Waals surface area contributed by atoms with Crippen molar-refractivity contribution >= 4 is 11.7 Å². The Morgan fingerprint density at radius 2 is 1.39 bits per heavy atom. The van der Waals surface area contributed by atoms with Gasteiger partial charge in [-0.3, -0.25) is 0 Å². The number of nitrogen functional groups attached to an aromatic ring is 1. The molecule has 0 amide bonds. The maximum Gasteiger partial charge on any atom is 0.417 e. The first kappa shape index (κ1) is 14.1. The number of anilines is 1. The molecule has 0 spiro atoms. The predicted molar refractivity (Wildman–Crippen MR) is 47.8 cm³/mol. The summed E-state index contributed by atoms with van der Waals surface area (Å²) in [5.41, 5.74) is -1.03. The van der Waals surface area contributed by atoms with Gasteiger partial charge in [0.05, 0.1) is 16.7 Å². The van der Waals surface area contributed by atoms with Gasteiger partial charge < -0.3 is 10.8 Å². The van der Waals surface area contributed by atoms with Crippen molar-refractivity contribution in [1.82, 2.24) is 0 Å². The van der Waals surface area contributed by atoms with Crippen LogP contribution in [0.4, 0.5) is 32.0 Å². The number of rotatable bonds is 1. The quantitative estimate of drug-likeness (QED) is 0.610. The van der Waals surface area contributed by atoms with E-state index in [1.54, 1.807) is 0 Å². The van der Waals surface area contributed by atoms with Gasteiger partial charge in [0.25, 0.3) is 0 Å². The largest absolute Gasteiger partial charge is 0.478 e. The van der Waals surface area contributed by atoms with Crippen LogP contribution in [0.2, 0.25) is 0 Å². The highest BCUT2D eigenvalue weighted by Crippen LogP contribution is 2.42. The van der Waals surface area contributed by atoms with Crippen LogP contribution >= 0.6 is 0 Å². The van der Waals surface area contributed by atoms with Gasteiger partial charge in [-0.1, -0.05) is 0 Å².